The molecule has 1 amide bonds. The maximum Gasteiger partial charge on any atom is 0.219 e. The van der Waals surface area contributed by atoms with E-state index in [1.54, 1.807) is 0 Å². The smallest absolute Gasteiger partial charge is 0.219 e. The molecule has 0 aliphatic rings. The van der Waals surface area contributed by atoms with E-state index in [1.807, 2.05) is 35.0 Å². The van der Waals surface area contributed by atoms with Crippen molar-refractivity contribution in [2.45, 2.75) is 26.1 Å². The van der Waals surface area contributed by atoms with Crippen LogP contribution in [0, 0.1) is 17.5 Å². The van der Waals surface area contributed by atoms with Crippen molar-refractivity contribution in [3.05, 3.63) is 71.2 Å². The Kier molecular flexibility index (Phi) is 5.27. The first kappa shape index (κ1) is 18.0. The van der Waals surface area contributed by atoms with Gasteiger partial charge in [0.25, 0.3) is 0 Å². The molecule has 0 fully saturated rings. The molecular formula is C19H18F3N3O. The number of hydrogen-bond donors (Lipinski definition) is 2. The quantitative estimate of drug-likeness (QED) is 0.635. The van der Waals surface area contributed by atoms with Crippen molar-refractivity contribution >= 4 is 16.8 Å². The molecule has 0 unspecified atom stereocenters. The van der Waals surface area contributed by atoms with Crippen LogP contribution in [0.1, 0.15) is 17.5 Å². The minimum absolute atomic E-state index is 0.0568. The lowest BCUT2D eigenvalue weighted by atomic mass is 10.1. The number of carbonyl (C=O) groups is 1. The number of primary amides is 1. The Morgan fingerprint density at radius 1 is 1.00 bits per heavy atom. The van der Waals surface area contributed by atoms with Gasteiger partial charge in [0.05, 0.1) is 0 Å². The second kappa shape index (κ2) is 7.61. The third-order valence-corrected chi connectivity index (χ3v) is 4.19. The predicted molar refractivity (Wildman–Crippen MR) is 92.6 cm³/mol. The molecule has 0 aliphatic heterocycles. The molecule has 0 bridgehead atoms. The summed E-state index contributed by atoms with van der Waals surface area (Å²) in [4.78, 5) is 11.0. The van der Waals surface area contributed by atoms with Crippen molar-refractivity contribution in [1.82, 2.24) is 9.88 Å². The molecule has 3 rings (SSSR count). The maximum atomic E-state index is 13.7. The number of carbonyl (C=O) groups excluding carboxylic acids is 1. The largest absolute Gasteiger partial charge is 0.370 e. The Hall–Kier alpha value is -2.80. The molecule has 0 saturated heterocycles. The highest BCUT2D eigenvalue weighted by Crippen LogP contribution is 2.22. The summed E-state index contributed by atoms with van der Waals surface area (Å²) >= 11 is 0. The van der Waals surface area contributed by atoms with E-state index in [-0.39, 0.29) is 24.4 Å². The number of aromatic nitrogens is 1. The second-order valence-electron chi connectivity index (χ2n) is 6.04. The highest BCUT2D eigenvalue weighted by Gasteiger charge is 2.11. The van der Waals surface area contributed by atoms with Crippen molar-refractivity contribution in [3.63, 3.8) is 0 Å². The number of aryl methyl sites for hydroxylation is 1. The number of rotatable bonds is 7. The zero-order valence-electron chi connectivity index (χ0n) is 13.9. The lowest BCUT2D eigenvalue weighted by Crippen LogP contribution is -2.14. The molecule has 4 nitrogen and oxygen atoms in total. The van der Waals surface area contributed by atoms with Gasteiger partial charge in [0.2, 0.25) is 5.91 Å². The van der Waals surface area contributed by atoms with Crippen LogP contribution in [0.25, 0.3) is 10.9 Å². The molecule has 136 valence electrons. The Morgan fingerprint density at radius 2 is 1.69 bits per heavy atom. The van der Waals surface area contributed by atoms with Gasteiger partial charge in [0, 0.05) is 54.8 Å². The molecule has 3 aromatic rings. The van der Waals surface area contributed by atoms with Crippen LogP contribution in [-0.2, 0) is 24.4 Å². The van der Waals surface area contributed by atoms with Crippen molar-refractivity contribution in [2.24, 2.45) is 5.73 Å². The summed E-state index contributed by atoms with van der Waals surface area (Å²) in [5.74, 6) is -3.45. The number of amides is 1. The number of benzene rings is 2. The zero-order valence-corrected chi connectivity index (χ0v) is 13.9. The molecule has 2 aromatic carbocycles. The summed E-state index contributed by atoms with van der Waals surface area (Å²) in [5.41, 5.74) is 7.19. The normalized spacial score (nSPS) is 11.2. The highest BCUT2D eigenvalue weighted by atomic mass is 19.2. The molecule has 1 aromatic heterocycles. The molecule has 0 saturated carbocycles. The van der Waals surface area contributed by atoms with Crippen LogP contribution >= 0.6 is 0 Å². The van der Waals surface area contributed by atoms with Gasteiger partial charge in [-0.15, -0.1) is 0 Å². The Balaban J connectivity index is 1.75. The molecule has 1 heterocycles. The SMILES string of the molecule is NC(=O)CCn1cc(CNCc2cc(F)c(F)cc2F)c2ccccc21. The monoisotopic (exact) mass is 361 g/mol. The van der Waals surface area contributed by atoms with Crippen molar-refractivity contribution in [2.75, 3.05) is 0 Å². The van der Waals surface area contributed by atoms with E-state index in [1.165, 1.54) is 0 Å². The van der Waals surface area contributed by atoms with Gasteiger partial charge in [-0.25, -0.2) is 13.2 Å². The van der Waals surface area contributed by atoms with Gasteiger partial charge in [-0.1, -0.05) is 18.2 Å². The van der Waals surface area contributed by atoms with Gasteiger partial charge in [-0.05, 0) is 17.7 Å². The van der Waals surface area contributed by atoms with Gasteiger partial charge in [0.1, 0.15) is 5.82 Å². The van der Waals surface area contributed by atoms with Gasteiger partial charge in [-0.2, -0.15) is 0 Å². The predicted octanol–water partition coefficient (Wildman–Crippen LogP) is 3.22. The minimum atomic E-state index is -1.20. The van der Waals surface area contributed by atoms with Crippen molar-refractivity contribution in [3.8, 4) is 0 Å². The minimum Gasteiger partial charge on any atom is -0.370 e. The first-order valence-electron chi connectivity index (χ1n) is 8.15. The third kappa shape index (κ3) is 3.88. The summed E-state index contributed by atoms with van der Waals surface area (Å²) in [7, 11) is 0. The number of nitrogens with two attached hydrogens (primary N) is 1. The standard InChI is InChI=1S/C19H18F3N3O/c20-15-8-17(22)16(21)7-12(15)9-24-10-13-11-25(6-5-19(23)26)18-4-2-1-3-14(13)18/h1-4,7-8,11,24H,5-6,9-10H2,(H2,23,26). The lowest BCUT2D eigenvalue weighted by molar-refractivity contribution is -0.118. The number of para-hydroxylation sites is 1. The number of halogens is 3. The summed E-state index contributed by atoms with van der Waals surface area (Å²) in [5, 5.41) is 4.04. The van der Waals surface area contributed by atoms with Crippen LogP contribution in [0.4, 0.5) is 13.2 Å². The number of hydrogen-bond acceptors (Lipinski definition) is 2. The average Bonchev–Trinajstić information content (AvgIpc) is 2.96. The molecule has 0 atom stereocenters. The number of nitrogens with zero attached hydrogens (tertiary/aromatic N) is 1. The van der Waals surface area contributed by atoms with Crippen LogP contribution in [-0.4, -0.2) is 10.5 Å². The first-order chi connectivity index (χ1) is 12.5. The van der Waals surface area contributed by atoms with Crippen LogP contribution < -0.4 is 11.1 Å². The van der Waals surface area contributed by atoms with Gasteiger partial charge < -0.3 is 15.6 Å². The summed E-state index contributed by atoms with van der Waals surface area (Å²) in [6.07, 6.45) is 2.13. The fourth-order valence-electron chi connectivity index (χ4n) is 2.91. The Morgan fingerprint density at radius 3 is 2.46 bits per heavy atom. The van der Waals surface area contributed by atoms with Gasteiger partial charge >= 0.3 is 0 Å². The number of nitrogens with one attached hydrogen (secondary N) is 1. The van der Waals surface area contributed by atoms with Crippen LogP contribution in [0.15, 0.2) is 42.6 Å². The molecule has 7 heteroatoms. The molecule has 0 spiro atoms. The van der Waals surface area contributed by atoms with Crippen LogP contribution in [0.5, 0.6) is 0 Å². The molecule has 3 N–H and O–H groups in total. The topological polar surface area (TPSA) is 60.1 Å². The molecule has 0 radical (unpaired) electrons. The van der Waals surface area contributed by atoms with E-state index in [4.69, 9.17) is 5.73 Å². The molecule has 0 aliphatic carbocycles. The molecule has 26 heavy (non-hydrogen) atoms. The fraction of sp³-hybridized carbons (Fsp3) is 0.211. The van der Waals surface area contributed by atoms with E-state index in [9.17, 15) is 18.0 Å². The zero-order chi connectivity index (χ0) is 18.7. The Bertz CT molecular complexity index is 953. The van der Waals surface area contributed by atoms with E-state index < -0.39 is 17.5 Å². The van der Waals surface area contributed by atoms with Crippen molar-refractivity contribution < 1.29 is 18.0 Å². The van der Waals surface area contributed by atoms with E-state index >= 15 is 0 Å². The fourth-order valence-corrected chi connectivity index (χ4v) is 2.91. The van der Waals surface area contributed by atoms with E-state index in [2.05, 4.69) is 5.32 Å². The number of fused-ring (bicyclic) bond motifs is 1. The van der Waals surface area contributed by atoms with Crippen LogP contribution in [0.2, 0.25) is 0 Å². The summed E-state index contributed by atoms with van der Waals surface area (Å²) in [6.45, 7) is 0.931. The van der Waals surface area contributed by atoms with Crippen LogP contribution in [0.3, 0.4) is 0 Å². The summed E-state index contributed by atoms with van der Waals surface area (Å²) < 4.78 is 41.9. The van der Waals surface area contributed by atoms with Crippen molar-refractivity contribution in [1.29, 1.82) is 0 Å². The molecular weight excluding hydrogens is 343 g/mol. The maximum absolute atomic E-state index is 13.7. The lowest BCUT2D eigenvalue weighted by Gasteiger charge is -2.06. The highest BCUT2D eigenvalue weighted by molar-refractivity contribution is 5.84. The first-order valence-corrected chi connectivity index (χ1v) is 8.15. The van der Waals surface area contributed by atoms with Gasteiger partial charge in [0.15, 0.2) is 11.6 Å². The Labute approximate surface area is 148 Å². The average molecular weight is 361 g/mol. The van der Waals surface area contributed by atoms with E-state index in [0.29, 0.717) is 19.2 Å². The third-order valence-electron chi connectivity index (χ3n) is 4.19. The second-order valence-corrected chi connectivity index (χ2v) is 6.04. The van der Waals surface area contributed by atoms with E-state index in [0.717, 1.165) is 22.5 Å². The summed E-state index contributed by atoms with van der Waals surface area (Å²) in [6, 6.07) is 9.09. The van der Waals surface area contributed by atoms with Gasteiger partial charge in [-0.3, -0.25) is 4.79 Å².